The van der Waals surface area contributed by atoms with Crippen LogP contribution in [0.2, 0.25) is 0 Å². The lowest BCUT2D eigenvalue weighted by molar-refractivity contribution is 0.493. The summed E-state index contributed by atoms with van der Waals surface area (Å²) in [6, 6.07) is 2.37. The Hall–Kier alpha value is -1.16. The molecule has 0 spiro atoms. The van der Waals surface area contributed by atoms with Crippen LogP contribution in [0.3, 0.4) is 0 Å². The minimum Gasteiger partial charge on any atom is -0.310 e. The molecular weight excluding hydrogens is 238 g/mol. The zero-order chi connectivity index (χ0) is 14.6. The number of hydrogen-bond acceptors (Lipinski definition) is 3. The van der Waals surface area contributed by atoms with Gasteiger partial charge in [0.05, 0.1) is 5.69 Å². The standard InChI is InChI=1S/C15H27N3O/c1-7-11(3)16-10-12-9-13(15(4,5)6)17-18(8-2)14(12)19/h9,11,16H,7-8,10H2,1-6H3. The summed E-state index contributed by atoms with van der Waals surface area (Å²) in [5, 5.41) is 7.82. The molecule has 0 aliphatic heterocycles. The summed E-state index contributed by atoms with van der Waals surface area (Å²) in [6.45, 7) is 13.8. The monoisotopic (exact) mass is 265 g/mol. The minimum atomic E-state index is -0.0459. The van der Waals surface area contributed by atoms with E-state index in [0.717, 1.165) is 17.7 Å². The van der Waals surface area contributed by atoms with Gasteiger partial charge in [0.15, 0.2) is 0 Å². The van der Waals surface area contributed by atoms with E-state index in [9.17, 15) is 4.79 Å². The molecule has 19 heavy (non-hydrogen) atoms. The molecule has 1 heterocycles. The first-order valence-corrected chi connectivity index (χ1v) is 7.14. The van der Waals surface area contributed by atoms with Crippen molar-refractivity contribution in [2.24, 2.45) is 0 Å². The smallest absolute Gasteiger partial charge is 0.271 e. The summed E-state index contributed by atoms with van der Waals surface area (Å²) in [6.07, 6.45) is 1.05. The summed E-state index contributed by atoms with van der Waals surface area (Å²) in [5.74, 6) is 0. The Morgan fingerprint density at radius 2 is 2.00 bits per heavy atom. The third-order valence-electron chi connectivity index (χ3n) is 3.37. The Balaban J connectivity index is 3.12. The Morgan fingerprint density at radius 3 is 2.47 bits per heavy atom. The molecule has 0 saturated heterocycles. The lowest BCUT2D eigenvalue weighted by atomic mass is 9.91. The molecule has 1 aromatic rings. The van der Waals surface area contributed by atoms with Crippen molar-refractivity contribution in [2.45, 2.75) is 72.5 Å². The summed E-state index contributed by atoms with van der Waals surface area (Å²) in [5.41, 5.74) is 1.75. The fraction of sp³-hybridized carbons (Fsp3) is 0.733. The molecule has 0 bridgehead atoms. The van der Waals surface area contributed by atoms with Gasteiger partial charge in [0.2, 0.25) is 0 Å². The maximum absolute atomic E-state index is 12.2. The topological polar surface area (TPSA) is 46.9 Å². The van der Waals surface area contributed by atoms with E-state index in [1.807, 2.05) is 13.0 Å². The Kier molecular flexibility index (Phi) is 5.29. The van der Waals surface area contributed by atoms with Crippen molar-refractivity contribution in [3.8, 4) is 0 Å². The van der Waals surface area contributed by atoms with E-state index in [4.69, 9.17) is 0 Å². The third-order valence-corrected chi connectivity index (χ3v) is 3.37. The van der Waals surface area contributed by atoms with Crippen LogP contribution in [0.25, 0.3) is 0 Å². The fourth-order valence-electron chi connectivity index (χ4n) is 1.73. The fourth-order valence-corrected chi connectivity index (χ4v) is 1.73. The Labute approximate surface area is 116 Å². The van der Waals surface area contributed by atoms with E-state index in [1.165, 1.54) is 0 Å². The molecule has 0 aliphatic rings. The molecule has 1 rings (SSSR count). The molecule has 0 saturated carbocycles. The number of hydrogen-bond donors (Lipinski definition) is 1. The van der Waals surface area contributed by atoms with Gasteiger partial charge in [0.1, 0.15) is 0 Å². The van der Waals surface area contributed by atoms with Crippen molar-refractivity contribution in [3.05, 3.63) is 27.7 Å². The lowest BCUT2D eigenvalue weighted by Gasteiger charge is -2.20. The quantitative estimate of drug-likeness (QED) is 0.889. The Morgan fingerprint density at radius 1 is 1.37 bits per heavy atom. The molecule has 0 fully saturated rings. The van der Waals surface area contributed by atoms with Crippen LogP contribution in [0.1, 0.15) is 59.2 Å². The van der Waals surface area contributed by atoms with Gasteiger partial charge in [0, 0.05) is 30.1 Å². The molecule has 0 aromatic carbocycles. The maximum atomic E-state index is 12.2. The molecular formula is C15H27N3O. The van der Waals surface area contributed by atoms with Crippen LogP contribution in [-0.2, 0) is 18.5 Å². The van der Waals surface area contributed by atoms with E-state index >= 15 is 0 Å². The normalized spacial score (nSPS) is 13.6. The first-order valence-electron chi connectivity index (χ1n) is 7.14. The van der Waals surface area contributed by atoms with Crippen molar-refractivity contribution in [3.63, 3.8) is 0 Å². The van der Waals surface area contributed by atoms with Crippen LogP contribution >= 0.6 is 0 Å². The molecule has 4 nitrogen and oxygen atoms in total. The second kappa shape index (κ2) is 6.33. The highest BCUT2D eigenvalue weighted by molar-refractivity contribution is 5.19. The van der Waals surface area contributed by atoms with Crippen LogP contribution in [0.5, 0.6) is 0 Å². The van der Waals surface area contributed by atoms with Crippen LogP contribution in [0.15, 0.2) is 10.9 Å². The van der Waals surface area contributed by atoms with Gasteiger partial charge in [0.25, 0.3) is 5.56 Å². The highest BCUT2D eigenvalue weighted by atomic mass is 16.1. The van der Waals surface area contributed by atoms with Crippen LogP contribution < -0.4 is 10.9 Å². The van der Waals surface area contributed by atoms with Gasteiger partial charge in [-0.15, -0.1) is 0 Å². The highest BCUT2D eigenvalue weighted by Gasteiger charge is 2.19. The van der Waals surface area contributed by atoms with Gasteiger partial charge in [-0.05, 0) is 26.3 Å². The van der Waals surface area contributed by atoms with Gasteiger partial charge < -0.3 is 5.32 Å². The molecule has 1 N–H and O–H groups in total. The van der Waals surface area contributed by atoms with Crippen LogP contribution in [-0.4, -0.2) is 15.8 Å². The van der Waals surface area contributed by atoms with E-state index in [1.54, 1.807) is 4.68 Å². The first kappa shape index (κ1) is 15.9. The molecule has 0 aliphatic carbocycles. The van der Waals surface area contributed by atoms with Gasteiger partial charge in [-0.25, -0.2) is 4.68 Å². The summed E-state index contributed by atoms with van der Waals surface area (Å²) >= 11 is 0. The second-order valence-corrected chi connectivity index (χ2v) is 6.12. The molecule has 1 aromatic heterocycles. The number of aryl methyl sites for hydroxylation is 1. The first-order chi connectivity index (χ1) is 8.79. The minimum absolute atomic E-state index is 0.0197. The van der Waals surface area contributed by atoms with Crippen molar-refractivity contribution in [1.82, 2.24) is 15.1 Å². The zero-order valence-electron chi connectivity index (χ0n) is 13.1. The lowest BCUT2D eigenvalue weighted by Crippen LogP contribution is -2.34. The van der Waals surface area contributed by atoms with Gasteiger partial charge in [-0.3, -0.25) is 4.79 Å². The van der Waals surface area contributed by atoms with E-state index in [2.05, 4.69) is 45.0 Å². The number of nitrogens with zero attached hydrogens (tertiary/aromatic N) is 2. The SMILES string of the molecule is CCC(C)NCc1cc(C(C)(C)C)nn(CC)c1=O. The molecule has 1 unspecified atom stereocenters. The average Bonchev–Trinajstić information content (AvgIpc) is 2.35. The molecule has 4 heteroatoms. The third kappa shape index (κ3) is 4.16. The van der Waals surface area contributed by atoms with E-state index < -0.39 is 0 Å². The zero-order valence-corrected chi connectivity index (χ0v) is 13.1. The molecule has 1 atom stereocenters. The number of aromatic nitrogens is 2. The molecule has 108 valence electrons. The van der Waals surface area contributed by atoms with Gasteiger partial charge in [-0.2, -0.15) is 5.10 Å². The van der Waals surface area contributed by atoms with Crippen molar-refractivity contribution in [2.75, 3.05) is 0 Å². The number of nitrogens with one attached hydrogen (secondary N) is 1. The molecule has 0 radical (unpaired) electrons. The van der Waals surface area contributed by atoms with Crippen molar-refractivity contribution < 1.29 is 0 Å². The summed E-state index contributed by atoms with van der Waals surface area (Å²) < 4.78 is 1.56. The van der Waals surface area contributed by atoms with Crippen LogP contribution in [0.4, 0.5) is 0 Å². The Bertz CT molecular complexity index is 471. The van der Waals surface area contributed by atoms with Crippen molar-refractivity contribution >= 4 is 0 Å². The highest BCUT2D eigenvalue weighted by Crippen LogP contribution is 2.19. The molecule has 0 amide bonds. The summed E-state index contributed by atoms with van der Waals surface area (Å²) in [4.78, 5) is 12.2. The van der Waals surface area contributed by atoms with Crippen molar-refractivity contribution in [1.29, 1.82) is 0 Å². The van der Waals surface area contributed by atoms with E-state index in [0.29, 0.717) is 19.1 Å². The second-order valence-electron chi connectivity index (χ2n) is 6.12. The van der Waals surface area contributed by atoms with Gasteiger partial charge in [-0.1, -0.05) is 27.7 Å². The van der Waals surface area contributed by atoms with Crippen LogP contribution in [0, 0.1) is 0 Å². The predicted octanol–water partition coefficient (Wildman–Crippen LogP) is 2.45. The average molecular weight is 265 g/mol. The summed E-state index contributed by atoms with van der Waals surface area (Å²) in [7, 11) is 0. The number of rotatable bonds is 5. The van der Waals surface area contributed by atoms with E-state index in [-0.39, 0.29) is 11.0 Å². The van der Waals surface area contributed by atoms with Gasteiger partial charge >= 0.3 is 0 Å². The predicted molar refractivity (Wildman–Crippen MR) is 79.5 cm³/mol. The largest absolute Gasteiger partial charge is 0.310 e. The maximum Gasteiger partial charge on any atom is 0.271 e.